The molecule has 2 N–H and O–H groups in total. The smallest absolute Gasteiger partial charge is 0.347 e. The van der Waals surface area contributed by atoms with Crippen LogP contribution in [0.1, 0.15) is 20.8 Å². The van der Waals surface area contributed by atoms with Crippen LogP contribution >= 0.6 is 11.3 Å². The third-order valence-electron chi connectivity index (χ3n) is 2.24. The first-order valence-corrected chi connectivity index (χ1v) is 5.93. The lowest BCUT2D eigenvalue weighted by Gasteiger charge is -2.02. The average Bonchev–Trinajstić information content (AvgIpc) is 2.86. The lowest BCUT2D eigenvalue weighted by Crippen LogP contribution is -1.98. The first-order chi connectivity index (χ1) is 8.69. The molecule has 0 aliphatic rings. The predicted octanol–water partition coefficient (Wildman–Crippen LogP) is 2.33. The van der Waals surface area contributed by atoms with Crippen molar-refractivity contribution in [3.8, 4) is 6.07 Å². The van der Waals surface area contributed by atoms with Gasteiger partial charge in [0.2, 0.25) is 0 Å². The first-order valence-electron chi connectivity index (χ1n) is 5.11. The zero-order chi connectivity index (χ0) is 13.0. The van der Waals surface area contributed by atoms with Gasteiger partial charge in [-0.3, -0.25) is 0 Å². The van der Waals surface area contributed by atoms with Crippen LogP contribution in [0.4, 0.5) is 5.13 Å². The largest absolute Gasteiger partial charge is 0.477 e. The number of carboxylic acids is 1. The Labute approximate surface area is 107 Å². The van der Waals surface area contributed by atoms with Crippen LogP contribution in [0, 0.1) is 11.3 Å². The Morgan fingerprint density at radius 2 is 2.17 bits per heavy atom. The second kappa shape index (κ2) is 5.29. The summed E-state index contributed by atoms with van der Waals surface area (Å²) >= 11 is 1.09. The van der Waals surface area contributed by atoms with Gasteiger partial charge in [-0.1, -0.05) is 23.5 Å². The van der Waals surface area contributed by atoms with Gasteiger partial charge in [0, 0.05) is 6.54 Å². The van der Waals surface area contributed by atoms with Gasteiger partial charge in [0.15, 0.2) is 5.13 Å². The number of aromatic carboxylic acids is 1. The Bertz CT molecular complexity index is 599. The van der Waals surface area contributed by atoms with Crippen molar-refractivity contribution in [1.29, 1.82) is 5.26 Å². The van der Waals surface area contributed by atoms with E-state index < -0.39 is 5.97 Å². The molecule has 0 radical (unpaired) electrons. The molecule has 0 spiro atoms. The summed E-state index contributed by atoms with van der Waals surface area (Å²) in [5, 5.41) is 21.0. The van der Waals surface area contributed by atoms with E-state index in [9.17, 15) is 4.79 Å². The summed E-state index contributed by atoms with van der Waals surface area (Å²) in [5.41, 5.74) is 1.61. The van der Waals surface area contributed by atoms with E-state index in [4.69, 9.17) is 10.4 Å². The molecule has 0 unspecified atom stereocenters. The quantitative estimate of drug-likeness (QED) is 0.880. The molecular formula is C12H9N3O2S. The normalized spacial score (nSPS) is 9.72. The minimum atomic E-state index is -0.973. The minimum absolute atomic E-state index is 0.206. The molecule has 0 amide bonds. The summed E-state index contributed by atoms with van der Waals surface area (Å²) in [5.74, 6) is -0.973. The molecule has 18 heavy (non-hydrogen) atoms. The summed E-state index contributed by atoms with van der Waals surface area (Å²) in [6.45, 7) is 0.540. The van der Waals surface area contributed by atoms with Crippen LogP contribution in [0.3, 0.4) is 0 Å². The number of hydrogen-bond donors (Lipinski definition) is 2. The lowest BCUT2D eigenvalue weighted by atomic mass is 10.1. The summed E-state index contributed by atoms with van der Waals surface area (Å²) in [4.78, 5) is 14.8. The number of anilines is 1. The minimum Gasteiger partial charge on any atom is -0.477 e. The van der Waals surface area contributed by atoms with Crippen LogP contribution in [0.25, 0.3) is 0 Å². The summed E-state index contributed by atoms with van der Waals surface area (Å²) in [6, 6.07) is 9.21. The number of nitriles is 1. The third kappa shape index (κ3) is 2.84. The highest BCUT2D eigenvalue weighted by atomic mass is 32.1. The van der Waals surface area contributed by atoms with Gasteiger partial charge in [-0.25, -0.2) is 9.78 Å². The van der Waals surface area contributed by atoms with Crippen molar-refractivity contribution in [3.05, 3.63) is 46.5 Å². The maximum Gasteiger partial charge on any atom is 0.347 e. The van der Waals surface area contributed by atoms with Gasteiger partial charge in [-0.05, 0) is 17.7 Å². The molecular weight excluding hydrogens is 250 g/mol. The van der Waals surface area contributed by atoms with E-state index in [2.05, 4.69) is 10.3 Å². The number of benzene rings is 1. The van der Waals surface area contributed by atoms with E-state index in [-0.39, 0.29) is 4.88 Å². The van der Waals surface area contributed by atoms with E-state index in [1.165, 1.54) is 6.20 Å². The van der Waals surface area contributed by atoms with E-state index in [1.54, 1.807) is 12.1 Å². The number of aromatic nitrogens is 1. The Morgan fingerprint density at radius 3 is 2.72 bits per heavy atom. The molecule has 0 bridgehead atoms. The van der Waals surface area contributed by atoms with Gasteiger partial charge in [0.1, 0.15) is 4.88 Å². The van der Waals surface area contributed by atoms with Gasteiger partial charge in [0.25, 0.3) is 0 Å². The van der Waals surface area contributed by atoms with Crippen molar-refractivity contribution in [1.82, 2.24) is 4.98 Å². The Balaban J connectivity index is 1.98. The number of thiazole rings is 1. The van der Waals surface area contributed by atoms with Crippen molar-refractivity contribution < 1.29 is 9.90 Å². The summed E-state index contributed by atoms with van der Waals surface area (Å²) in [7, 11) is 0. The molecule has 0 saturated heterocycles. The average molecular weight is 259 g/mol. The van der Waals surface area contributed by atoms with Crippen LogP contribution in [0.2, 0.25) is 0 Å². The highest BCUT2D eigenvalue weighted by Gasteiger charge is 2.07. The van der Waals surface area contributed by atoms with Gasteiger partial charge in [-0.15, -0.1) is 0 Å². The van der Waals surface area contributed by atoms with E-state index >= 15 is 0 Å². The summed E-state index contributed by atoms with van der Waals surface area (Å²) in [6.07, 6.45) is 1.33. The highest BCUT2D eigenvalue weighted by Crippen LogP contribution is 2.18. The van der Waals surface area contributed by atoms with Crippen molar-refractivity contribution in [2.24, 2.45) is 0 Å². The Hall–Kier alpha value is -2.39. The maximum absolute atomic E-state index is 10.7. The molecule has 1 aromatic heterocycles. The van der Waals surface area contributed by atoms with E-state index in [1.807, 2.05) is 18.2 Å². The number of carbonyl (C=O) groups is 1. The lowest BCUT2D eigenvalue weighted by molar-refractivity contribution is 0.0702. The monoisotopic (exact) mass is 259 g/mol. The second-order valence-electron chi connectivity index (χ2n) is 3.50. The predicted molar refractivity (Wildman–Crippen MR) is 67.6 cm³/mol. The van der Waals surface area contributed by atoms with E-state index in [0.29, 0.717) is 17.2 Å². The SMILES string of the molecule is N#Cc1ccc(CNc2ncc(C(=O)O)s2)cc1. The molecule has 2 rings (SSSR count). The van der Waals surface area contributed by atoms with Gasteiger partial charge in [-0.2, -0.15) is 5.26 Å². The van der Waals surface area contributed by atoms with Crippen LogP contribution in [-0.2, 0) is 6.54 Å². The fraction of sp³-hybridized carbons (Fsp3) is 0.0833. The maximum atomic E-state index is 10.7. The van der Waals surface area contributed by atoms with Gasteiger partial charge < -0.3 is 10.4 Å². The van der Waals surface area contributed by atoms with Crippen molar-refractivity contribution in [2.45, 2.75) is 6.54 Å². The van der Waals surface area contributed by atoms with Crippen molar-refractivity contribution >= 4 is 22.4 Å². The number of carboxylic acid groups (broad SMARTS) is 1. The van der Waals surface area contributed by atoms with E-state index in [0.717, 1.165) is 16.9 Å². The Morgan fingerprint density at radius 1 is 1.44 bits per heavy atom. The van der Waals surface area contributed by atoms with Crippen LogP contribution in [0.15, 0.2) is 30.5 Å². The zero-order valence-corrected chi connectivity index (χ0v) is 10.1. The fourth-order valence-corrected chi connectivity index (χ4v) is 1.98. The van der Waals surface area contributed by atoms with Gasteiger partial charge in [0.05, 0.1) is 17.8 Å². The number of rotatable bonds is 4. The second-order valence-corrected chi connectivity index (χ2v) is 4.53. The Kier molecular flexibility index (Phi) is 3.55. The topological polar surface area (TPSA) is 86.0 Å². The summed E-state index contributed by atoms with van der Waals surface area (Å²) < 4.78 is 0. The molecule has 5 nitrogen and oxygen atoms in total. The number of nitrogens with one attached hydrogen (secondary N) is 1. The molecule has 2 aromatic rings. The molecule has 90 valence electrons. The van der Waals surface area contributed by atoms with Crippen molar-refractivity contribution in [3.63, 3.8) is 0 Å². The van der Waals surface area contributed by atoms with Crippen molar-refractivity contribution in [2.75, 3.05) is 5.32 Å². The number of nitrogens with zero attached hydrogens (tertiary/aromatic N) is 2. The molecule has 0 aliphatic carbocycles. The highest BCUT2D eigenvalue weighted by molar-refractivity contribution is 7.17. The number of hydrogen-bond acceptors (Lipinski definition) is 5. The van der Waals surface area contributed by atoms with Crippen LogP contribution < -0.4 is 5.32 Å². The van der Waals surface area contributed by atoms with Crippen LogP contribution in [0.5, 0.6) is 0 Å². The molecule has 6 heteroatoms. The van der Waals surface area contributed by atoms with Crippen LogP contribution in [-0.4, -0.2) is 16.1 Å². The first kappa shape index (κ1) is 12.1. The molecule has 1 aromatic carbocycles. The zero-order valence-electron chi connectivity index (χ0n) is 9.25. The molecule has 0 saturated carbocycles. The molecule has 0 atom stereocenters. The third-order valence-corrected chi connectivity index (χ3v) is 3.19. The molecule has 0 fully saturated rings. The molecule has 0 aliphatic heterocycles. The standard InChI is InChI=1S/C12H9N3O2S/c13-5-8-1-3-9(4-2-8)6-14-12-15-7-10(18-12)11(16)17/h1-4,7H,6H2,(H,14,15)(H,16,17). The molecule has 1 heterocycles. The fourth-order valence-electron chi connectivity index (χ4n) is 1.33. The van der Waals surface area contributed by atoms with Gasteiger partial charge >= 0.3 is 5.97 Å².